The fourth-order valence-corrected chi connectivity index (χ4v) is 2.71. The minimum atomic E-state index is 0.514. The average molecular weight is 328 g/mol. The van der Waals surface area contributed by atoms with Crippen LogP contribution >= 0.6 is 11.8 Å². The zero-order chi connectivity index (χ0) is 16.2. The van der Waals surface area contributed by atoms with Crippen LogP contribution in [0.25, 0.3) is 11.3 Å². The molecule has 2 aromatic heterocycles. The van der Waals surface area contributed by atoms with Crippen molar-refractivity contribution >= 4 is 23.4 Å². The van der Waals surface area contributed by atoms with E-state index in [0.717, 1.165) is 33.5 Å². The highest BCUT2D eigenvalue weighted by Gasteiger charge is 2.16. The molecule has 0 radical (unpaired) electrons. The molecule has 0 unspecified atom stereocenters. The van der Waals surface area contributed by atoms with Gasteiger partial charge in [-0.3, -0.25) is 0 Å². The molecule has 118 valence electrons. The van der Waals surface area contributed by atoms with E-state index in [0.29, 0.717) is 5.95 Å². The van der Waals surface area contributed by atoms with Gasteiger partial charge in [0, 0.05) is 11.9 Å². The van der Waals surface area contributed by atoms with Crippen molar-refractivity contribution in [3.63, 3.8) is 0 Å². The van der Waals surface area contributed by atoms with Crippen molar-refractivity contribution in [3.8, 4) is 17.0 Å². The first-order chi connectivity index (χ1) is 11.2. The monoisotopic (exact) mass is 328 g/mol. The van der Waals surface area contributed by atoms with Gasteiger partial charge in [0.15, 0.2) is 0 Å². The summed E-state index contributed by atoms with van der Waals surface area (Å²) in [4.78, 5) is 8.82. The molecule has 0 saturated heterocycles. The first-order valence-corrected chi connectivity index (χ1v) is 8.18. The first kappa shape index (κ1) is 15.4. The van der Waals surface area contributed by atoms with E-state index in [-0.39, 0.29) is 0 Å². The average Bonchev–Trinajstić information content (AvgIpc) is 2.96. The number of rotatable bonds is 5. The molecule has 2 heterocycles. The van der Waals surface area contributed by atoms with Gasteiger partial charge in [-0.15, -0.1) is 11.8 Å². The van der Waals surface area contributed by atoms with Crippen LogP contribution in [0, 0.1) is 6.92 Å². The Morgan fingerprint density at radius 2 is 1.96 bits per heavy atom. The summed E-state index contributed by atoms with van der Waals surface area (Å²) in [7, 11) is 1.64. The van der Waals surface area contributed by atoms with E-state index in [1.165, 1.54) is 11.8 Å². The molecule has 3 rings (SSSR count). The zero-order valence-corrected chi connectivity index (χ0v) is 13.8. The van der Waals surface area contributed by atoms with Gasteiger partial charge in [0.05, 0.1) is 18.4 Å². The van der Waals surface area contributed by atoms with Crippen LogP contribution in [0.15, 0.2) is 46.1 Å². The fraction of sp³-hybridized carbons (Fsp3) is 0.188. The zero-order valence-electron chi connectivity index (χ0n) is 13.0. The van der Waals surface area contributed by atoms with Crippen molar-refractivity contribution in [1.82, 2.24) is 15.1 Å². The molecule has 0 aliphatic carbocycles. The Labute approximate surface area is 138 Å². The molecule has 1 aromatic carbocycles. The number of methoxy groups -OCH3 is 1. The lowest BCUT2D eigenvalue weighted by molar-refractivity contribution is 0.384. The van der Waals surface area contributed by atoms with Crippen LogP contribution in [-0.4, -0.2) is 28.5 Å². The van der Waals surface area contributed by atoms with Crippen LogP contribution in [0.4, 0.5) is 11.6 Å². The lowest BCUT2D eigenvalue weighted by Crippen LogP contribution is -1.98. The lowest BCUT2D eigenvalue weighted by Gasteiger charge is -2.07. The van der Waals surface area contributed by atoms with Gasteiger partial charge < -0.3 is 14.6 Å². The van der Waals surface area contributed by atoms with Crippen molar-refractivity contribution < 1.29 is 9.26 Å². The third kappa shape index (κ3) is 3.29. The van der Waals surface area contributed by atoms with Crippen LogP contribution in [-0.2, 0) is 0 Å². The number of nitrogens with zero attached hydrogens (tertiary/aromatic N) is 3. The predicted molar refractivity (Wildman–Crippen MR) is 90.3 cm³/mol. The summed E-state index contributed by atoms with van der Waals surface area (Å²) in [5.41, 5.74) is 2.56. The Kier molecular flexibility index (Phi) is 4.47. The molecule has 0 aliphatic heterocycles. The molecule has 7 heteroatoms. The van der Waals surface area contributed by atoms with E-state index in [9.17, 15) is 0 Å². The Bertz CT molecular complexity index is 802. The minimum absolute atomic E-state index is 0.514. The molecule has 0 amide bonds. The number of aromatic nitrogens is 3. The minimum Gasteiger partial charge on any atom is -0.497 e. The fourth-order valence-electron chi connectivity index (χ4n) is 2.14. The Hall–Kier alpha value is -2.54. The number of ether oxygens (including phenoxy) is 1. The Balaban J connectivity index is 1.88. The van der Waals surface area contributed by atoms with Crippen molar-refractivity contribution in [2.24, 2.45) is 0 Å². The smallest absolute Gasteiger partial charge is 0.227 e. The molecule has 0 spiro atoms. The van der Waals surface area contributed by atoms with Crippen LogP contribution in [0.1, 0.15) is 5.76 Å². The van der Waals surface area contributed by atoms with Gasteiger partial charge in [0.1, 0.15) is 16.5 Å². The van der Waals surface area contributed by atoms with Crippen LogP contribution in [0.5, 0.6) is 5.75 Å². The van der Waals surface area contributed by atoms with Gasteiger partial charge >= 0.3 is 0 Å². The van der Waals surface area contributed by atoms with Crippen molar-refractivity contribution in [1.29, 1.82) is 0 Å². The van der Waals surface area contributed by atoms with E-state index in [4.69, 9.17) is 9.26 Å². The number of hydrogen-bond acceptors (Lipinski definition) is 7. The third-order valence-electron chi connectivity index (χ3n) is 3.28. The number of anilines is 2. The molecule has 0 fully saturated rings. The highest BCUT2D eigenvalue weighted by molar-refractivity contribution is 7.98. The van der Waals surface area contributed by atoms with Crippen LogP contribution in [0.3, 0.4) is 0 Å². The van der Waals surface area contributed by atoms with Crippen LogP contribution < -0.4 is 10.1 Å². The maximum atomic E-state index is 5.26. The summed E-state index contributed by atoms with van der Waals surface area (Å²) in [6.45, 7) is 1.88. The molecular weight excluding hydrogens is 312 g/mol. The summed E-state index contributed by atoms with van der Waals surface area (Å²) in [5.74, 6) is 2.05. The Morgan fingerprint density at radius 3 is 2.65 bits per heavy atom. The number of thioether (sulfide) groups is 1. The number of hydrogen-bond donors (Lipinski definition) is 1. The maximum absolute atomic E-state index is 5.26. The van der Waals surface area contributed by atoms with Gasteiger partial charge in [-0.25, -0.2) is 9.97 Å². The molecule has 3 aromatic rings. The summed E-state index contributed by atoms with van der Waals surface area (Å²) in [5, 5.41) is 8.03. The summed E-state index contributed by atoms with van der Waals surface area (Å²) in [6, 6.07) is 9.42. The number of aryl methyl sites for hydroxylation is 1. The lowest BCUT2D eigenvalue weighted by atomic mass is 10.2. The van der Waals surface area contributed by atoms with Crippen LogP contribution in [0.2, 0.25) is 0 Å². The molecule has 6 nitrogen and oxygen atoms in total. The van der Waals surface area contributed by atoms with E-state index < -0.39 is 0 Å². The molecule has 0 aliphatic rings. The molecule has 23 heavy (non-hydrogen) atoms. The normalized spacial score (nSPS) is 10.6. The van der Waals surface area contributed by atoms with E-state index in [1.54, 1.807) is 13.3 Å². The summed E-state index contributed by atoms with van der Waals surface area (Å²) >= 11 is 1.53. The molecule has 0 atom stereocenters. The van der Waals surface area contributed by atoms with E-state index in [2.05, 4.69) is 20.4 Å². The van der Waals surface area contributed by atoms with Gasteiger partial charge in [-0.05, 0) is 43.5 Å². The van der Waals surface area contributed by atoms with E-state index in [1.807, 2.05) is 43.5 Å². The third-order valence-corrected chi connectivity index (χ3v) is 3.95. The van der Waals surface area contributed by atoms with Crippen molar-refractivity contribution in [3.05, 3.63) is 42.3 Å². The quantitative estimate of drug-likeness (QED) is 0.712. The molecule has 0 bridgehead atoms. The molecular formula is C16H16N4O2S. The molecule has 1 N–H and O–H groups in total. The second-order valence-electron chi connectivity index (χ2n) is 4.74. The maximum Gasteiger partial charge on any atom is 0.227 e. The van der Waals surface area contributed by atoms with Crippen molar-refractivity contribution in [2.45, 2.75) is 11.9 Å². The second kappa shape index (κ2) is 6.70. The second-order valence-corrected chi connectivity index (χ2v) is 5.54. The SMILES string of the molecule is COc1ccc(Nc2nccc(-c3c(SC)noc3C)n2)cc1. The van der Waals surface area contributed by atoms with E-state index >= 15 is 0 Å². The van der Waals surface area contributed by atoms with Gasteiger partial charge in [0.25, 0.3) is 0 Å². The highest BCUT2D eigenvalue weighted by atomic mass is 32.2. The standard InChI is InChI=1S/C16H16N4O2S/c1-10-14(15(23-3)20-22-10)13-8-9-17-16(19-13)18-11-4-6-12(21-2)7-5-11/h4-9H,1-3H3,(H,17,18,19). The summed E-state index contributed by atoms with van der Waals surface area (Å²) < 4.78 is 10.4. The topological polar surface area (TPSA) is 73.1 Å². The molecule has 0 saturated carbocycles. The van der Waals surface area contributed by atoms with Crippen molar-refractivity contribution in [2.75, 3.05) is 18.7 Å². The largest absolute Gasteiger partial charge is 0.497 e. The highest BCUT2D eigenvalue weighted by Crippen LogP contribution is 2.31. The van der Waals surface area contributed by atoms with Gasteiger partial charge in [-0.2, -0.15) is 0 Å². The number of benzene rings is 1. The summed E-state index contributed by atoms with van der Waals surface area (Å²) in [6.07, 6.45) is 3.67. The van der Waals surface area contributed by atoms with Gasteiger partial charge in [-0.1, -0.05) is 5.16 Å². The Morgan fingerprint density at radius 1 is 1.17 bits per heavy atom. The number of nitrogens with one attached hydrogen (secondary N) is 1. The van der Waals surface area contributed by atoms with Gasteiger partial charge in [0.2, 0.25) is 5.95 Å². The first-order valence-electron chi connectivity index (χ1n) is 6.96. The predicted octanol–water partition coefficient (Wildman–Crippen LogP) is 3.91.